The van der Waals surface area contributed by atoms with Gasteiger partial charge in [-0.1, -0.05) is 0 Å². The molecule has 0 aromatic heterocycles. The largest absolute Gasteiger partial charge is 0.477 e. The molecular formula is C49H84N2O41. The van der Waals surface area contributed by atoms with Gasteiger partial charge in [-0.2, -0.15) is 0 Å². The maximum Gasteiger partial charge on any atom is 0.364 e. The van der Waals surface area contributed by atoms with Crippen LogP contribution in [0.15, 0.2) is 0 Å². The van der Waals surface area contributed by atoms with Crippen molar-refractivity contribution in [2.24, 2.45) is 11.5 Å². The van der Waals surface area contributed by atoms with Gasteiger partial charge in [-0.15, -0.1) is 0 Å². The molecule has 7 heterocycles. The number of ether oxygens (including phenoxy) is 13. The van der Waals surface area contributed by atoms with E-state index in [1.165, 1.54) is 0 Å². The van der Waals surface area contributed by atoms with Crippen molar-refractivity contribution in [2.75, 3.05) is 46.2 Å². The number of nitrogens with two attached hydrogens (primary N) is 2. The maximum atomic E-state index is 13.7. The molecule has 7 fully saturated rings. The molecule has 536 valence electrons. The summed E-state index contributed by atoms with van der Waals surface area (Å²) in [6, 6.07) is -3.16. The standard InChI is InChI=1S/C49H84N2O41/c50-19-24(65)22(63)17(83-41(19)75)8-81-42-20(51)25(66)23(64)18(84-42)9-82-48(46(76)77)2-16(90-49(47(78)79)1-10(56)21(62)37(91-49)13(59)5-54)39(38(92-48)14(60)6-55)88-45-33(74)40(32(73)35(86-45)12(58)4-53)89-44-31(72)27(68)29(70)36(87-44)15(61)7-80-43-30(71)26(67)28(69)34(85-43)11(57)3-52/h10-45,52-75H,1-9,50-51H2,(H,76,77)(H,78,79)/t10-,11+,12+,13-,14-,15+,16-,17-,18-,19-,20-,21-,22-,23-,24-,25-,26+,27+,28+,29+,30+,31+,32-,33+,34-,35-,36-,37-,38-,39-,40+,41+,42-,43+,44-,45-,48-,49-/m1/s1. The van der Waals surface area contributed by atoms with Gasteiger partial charge in [-0.05, 0) is 0 Å². The number of rotatable bonds is 26. The second-order valence-electron chi connectivity index (χ2n) is 23.2. The second-order valence-corrected chi connectivity index (χ2v) is 23.2. The first-order valence-electron chi connectivity index (χ1n) is 28.7. The monoisotopic (exact) mass is 1360 g/mol. The molecule has 0 aliphatic carbocycles. The third-order valence-corrected chi connectivity index (χ3v) is 16.9. The fourth-order valence-electron chi connectivity index (χ4n) is 11.4. The van der Waals surface area contributed by atoms with E-state index in [2.05, 4.69) is 0 Å². The number of hydrogen-bond acceptors (Lipinski definition) is 41. The highest BCUT2D eigenvalue weighted by Crippen LogP contribution is 2.44. The van der Waals surface area contributed by atoms with Crippen LogP contribution in [0.2, 0.25) is 0 Å². The van der Waals surface area contributed by atoms with Crippen LogP contribution in [0.25, 0.3) is 0 Å². The molecule has 43 heteroatoms. The van der Waals surface area contributed by atoms with Gasteiger partial charge in [-0.3, -0.25) is 0 Å². The molecule has 0 aromatic rings. The molecule has 7 saturated heterocycles. The van der Waals surface area contributed by atoms with Crippen molar-refractivity contribution >= 4 is 11.9 Å². The Bertz CT molecular complexity index is 2330. The fourth-order valence-corrected chi connectivity index (χ4v) is 11.4. The molecule has 0 unspecified atom stereocenters. The second kappa shape index (κ2) is 31.9. The Morgan fingerprint density at radius 1 is 0.424 bits per heavy atom. The van der Waals surface area contributed by atoms with Crippen molar-refractivity contribution in [2.45, 2.75) is 245 Å². The Morgan fingerprint density at radius 2 is 0.880 bits per heavy atom. The lowest BCUT2D eigenvalue weighted by Crippen LogP contribution is -2.70. The van der Waals surface area contributed by atoms with E-state index < -0.39 is 303 Å². The van der Waals surface area contributed by atoms with Crippen LogP contribution in [0.1, 0.15) is 12.8 Å². The zero-order chi connectivity index (χ0) is 68.5. The Labute approximate surface area is 517 Å². The number of aliphatic carboxylic acids is 2. The van der Waals surface area contributed by atoms with Gasteiger partial charge in [0.2, 0.25) is 0 Å². The zero-order valence-corrected chi connectivity index (χ0v) is 48.1. The smallest absolute Gasteiger partial charge is 0.364 e. The van der Waals surface area contributed by atoms with E-state index in [9.17, 15) is 142 Å². The third-order valence-electron chi connectivity index (χ3n) is 16.9. The van der Waals surface area contributed by atoms with E-state index >= 15 is 0 Å². The van der Waals surface area contributed by atoms with Crippen molar-refractivity contribution in [3.63, 3.8) is 0 Å². The number of aliphatic hydroxyl groups is 24. The molecule has 30 N–H and O–H groups in total. The molecule has 7 rings (SSSR count). The fraction of sp³-hybridized carbons (Fsp3) is 0.959. The van der Waals surface area contributed by atoms with Crippen LogP contribution in [0.3, 0.4) is 0 Å². The molecule has 38 atom stereocenters. The molecular weight excluding hydrogens is 1270 g/mol. The summed E-state index contributed by atoms with van der Waals surface area (Å²) in [6.07, 6.45) is -77.6. The van der Waals surface area contributed by atoms with Crippen LogP contribution < -0.4 is 11.5 Å². The van der Waals surface area contributed by atoms with Gasteiger partial charge >= 0.3 is 11.9 Å². The number of aliphatic hydroxyl groups excluding tert-OH is 24. The Morgan fingerprint density at radius 3 is 1.43 bits per heavy atom. The highest BCUT2D eigenvalue weighted by molar-refractivity contribution is 5.77. The summed E-state index contributed by atoms with van der Waals surface area (Å²) < 4.78 is 73.2. The lowest BCUT2D eigenvalue weighted by atomic mass is 9.89. The topological polar surface area (TPSA) is 732 Å². The predicted octanol–water partition coefficient (Wildman–Crippen LogP) is -18.6. The molecule has 92 heavy (non-hydrogen) atoms. The van der Waals surface area contributed by atoms with E-state index in [4.69, 9.17) is 73.0 Å². The summed E-state index contributed by atoms with van der Waals surface area (Å²) in [7, 11) is 0. The number of hydrogen-bond donors (Lipinski definition) is 28. The molecule has 0 aromatic carbocycles. The van der Waals surface area contributed by atoms with E-state index in [1.54, 1.807) is 0 Å². The van der Waals surface area contributed by atoms with Crippen LogP contribution in [0.4, 0.5) is 0 Å². The van der Waals surface area contributed by atoms with E-state index in [1.807, 2.05) is 0 Å². The van der Waals surface area contributed by atoms with Crippen molar-refractivity contribution in [3.8, 4) is 0 Å². The van der Waals surface area contributed by atoms with Gasteiger partial charge in [0.05, 0.1) is 70.5 Å². The van der Waals surface area contributed by atoms with E-state index in [0.29, 0.717) is 0 Å². The van der Waals surface area contributed by atoms with Crippen molar-refractivity contribution in [1.29, 1.82) is 0 Å². The summed E-state index contributed by atoms with van der Waals surface area (Å²) in [5, 5.41) is 279. The Hall–Kier alpha value is -2.62. The average Bonchev–Trinajstić information content (AvgIpc) is 0.750. The highest BCUT2D eigenvalue weighted by atomic mass is 16.8. The summed E-state index contributed by atoms with van der Waals surface area (Å²) in [4.78, 5) is 27.2. The molecule has 0 radical (unpaired) electrons. The minimum absolute atomic E-state index is 0.779. The van der Waals surface area contributed by atoms with Crippen molar-refractivity contribution in [1.82, 2.24) is 0 Å². The number of carboxylic acids is 2. The third kappa shape index (κ3) is 15.9. The molecule has 7 aliphatic heterocycles. The number of carboxylic acid groups (broad SMARTS) is 2. The first-order valence-corrected chi connectivity index (χ1v) is 28.7. The van der Waals surface area contributed by atoms with Crippen molar-refractivity contribution < 1.29 is 204 Å². The first-order chi connectivity index (χ1) is 43.1. The minimum Gasteiger partial charge on any atom is -0.477 e. The van der Waals surface area contributed by atoms with Gasteiger partial charge in [0, 0.05) is 12.8 Å². The summed E-state index contributed by atoms with van der Waals surface area (Å²) in [5.74, 6) is -11.4. The van der Waals surface area contributed by atoms with Crippen LogP contribution in [-0.4, -0.2) is 423 Å². The van der Waals surface area contributed by atoms with E-state index in [-0.39, 0.29) is 0 Å². The predicted molar refractivity (Wildman–Crippen MR) is 276 cm³/mol. The molecule has 0 spiro atoms. The van der Waals surface area contributed by atoms with Gasteiger partial charge in [0.15, 0.2) is 31.5 Å². The van der Waals surface area contributed by atoms with Gasteiger partial charge in [-0.25, -0.2) is 9.59 Å². The van der Waals surface area contributed by atoms with E-state index in [0.717, 1.165) is 0 Å². The minimum atomic E-state index is -3.46. The molecule has 7 aliphatic rings. The molecule has 0 amide bonds. The van der Waals surface area contributed by atoms with Crippen LogP contribution in [0.5, 0.6) is 0 Å². The molecule has 43 nitrogen and oxygen atoms in total. The average molecular weight is 1360 g/mol. The van der Waals surface area contributed by atoms with Crippen molar-refractivity contribution in [3.05, 3.63) is 0 Å². The SMILES string of the molecule is N[C@@H]1[C@@H](O)[C@H](O)[C@@H](CO[C@@H]2O[C@H](CO[C@]3(C(=O)O)C[C@@H](O[C@]4(C(=O)O)C[C@@H](O)[C@@H](O)[C@@H]([C@H](O)CO)O4)[C@@H](O[C@H]4O[C@H]([C@@H](O)CO)[C@@H](O)[C@H](O[C@H]5O[C@H]([C@@H](O)CO[C@H]6O[C@H]([C@@H](O)CO)[C@@H](O)[C@H](O)[C@@H]6O)[C@@H](O)[C@H](O)[C@@H]5O)[C@@H]4O)[C@@H]([C@H](O)CO)O3)[C@@H](O)[C@H](O)[C@H]2N)O[C@@H]1O. The summed E-state index contributed by atoms with van der Waals surface area (Å²) in [5.41, 5.74) is 11.7. The normalized spacial score (nSPS) is 48.9. The van der Waals surface area contributed by atoms with Gasteiger partial charge in [0.25, 0.3) is 11.6 Å². The summed E-state index contributed by atoms with van der Waals surface area (Å²) >= 11 is 0. The highest BCUT2D eigenvalue weighted by Gasteiger charge is 2.64. The van der Waals surface area contributed by atoms with Crippen LogP contribution in [0, 0.1) is 0 Å². The molecule has 0 saturated carbocycles. The van der Waals surface area contributed by atoms with Crippen LogP contribution in [-0.2, 0) is 71.2 Å². The van der Waals surface area contributed by atoms with Gasteiger partial charge < -0.3 is 206 Å². The maximum absolute atomic E-state index is 13.7. The lowest BCUT2D eigenvalue weighted by molar-refractivity contribution is -0.406. The van der Waals surface area contributed by atoms with Gasteiger partial charge in [0.1, 0.15) is 165 Å². The Kier molecular flexibility index (Phi) is 26.6. The molecule has 0 bridgehead atoms. The first kappa shape index (κ1) is 76.7. The quantitative estimate of drug-likeness (QED) is 0.0382. The lowest BCUT2D eigenvalue weighted by Gasteiger charge is -2.52. The summed E-state index contributed by atoms with van der Waals surface area (Å²) in [6.45, 7) is -8.27. The van der Waals surface area contributed by atoms with Crippen LogP contribution >= 0.6 is 0 Å². The zero-order valence-electron chi connectivity index (χ0n) is 48.1. The Balaban J connectivity index is 1.20. The number of carbonyl (C=O) groups is 2.